The van der Waals surface area contributed by atoms with E-state index >= 15 is 0 Å². The van der Waals surface area contributed by atoms with Gasteiger partial charge in [0.15, 0.2) is 0 Å². The average molecular weight is 241 g/mol. The highest BCUT2D eigenvalue weighted by molar-refractivity contribution is 6.30. The predicted octanol–water partition coefficient (Wildman–Crippen LogP) is 2.61. The molecule has 88 valence electrons. The lowest BCUT2D eigenvalue weighted by Gasteiger charge is -2.26. The second kappa shape index (κ2) is 7.23. The van der Waals surface area contributed by atoms with E-state index in [-0.39, 0.29) is 0 Å². The third-order valence-electron chi connectivity index (χ3n) is 2.61. The molecule has 16 heavy (non-hydrogen) atoms. The summed E-state index contributed by atoms with van der Waals surface area (Å²) in [5, 5.41) is 0.731. The molecule has 2 rings (SSSR count). The molecule has 0 N–H and O–H groups in total. The number of pyridine rings is 1. The van der Waals surface area contributed by atoms with Crippen molar-refractivity contribution in [2.24, 2.45) is 5.92 Å². The van der Waals surface area contributed by atoms with Crippen LogP contribution < -0.4 is 0 Å². The van der Waals surface area contributed by atoms with E-state index in [1.54, 1.807) is 24.5 Å². The van der Waals surface area contributed by atoms with E-state index in [2.05, 4.69) is 11.9 Å². The molecule has 0 atom stereocenters. The lowest BCUT2D eigenvalue weighted by molar-refractivity contribution is -0.119. The fourth-order valence-electron chi connectivity index (χ4n) is 1.47. The van der Waals surface area contributed by atoms with E-state index in [4.69, 9.17) is 11.6 Å². The molecule has 4 heteroatoms. The number of hydrogen-bond acceptors (Lipinski definition) is 2. The van der Waals surface area contributed by atoms with Gasteiger partial charge in [-0.2, -0.15) is 0 Å². The predicted molar refractivity (Wildman–Crippen MR) is 65.3 cm³/mol. The molecule has 0 unspecified atom stereocenters. The van der Waals surface area contributed by atoms with E-state index in [9.17, 15) is 4.79 Å². The van der Waals surface area contributed by atoms with Crippen molar-refractivity contribution in [3.8, 4) is 0 Å². The Morgan fingerprint density at radius 2 is 1.94 bits per heavy atom. The molecule has 1 aromatic rings. The number of rotatable bonds is 1. The Kier molecular flexibility index (Phi) is 5.86. The standard InChI is InChI=1S/C7H13NO.C5H4ClN/c1-7-2-4-8(6-9)5-3-7;6-5-1-3-7-4-2-5/h6-7H,2-5H2,1H3;1-4H. The molecule has 2 heterocycles. The number of carbonyl (C=O) groups is 1. The van der Waals surface area contributed by atoms with Crippen molar-refractivity contribution in [1.29, 1.82) is 0 Å². The van der Waals surface area contributed by atoms with E-state index in [1.807, 2.05) is 4.90 Å². The van der Waals surface area contributed by atoms with Crippen LogP contribution in [0.15, 0.2) is 24.5 Å². The number of aromatic nitrogens is 1. The molecular formula is C12H17ClN2O. The Bertz CT molecular complexity index is 297. The molecule has 0 aromatic carbocycles. The van der Waals surface area contributed by atoms with Crippen LogP contribution in [0.1, 0.15) is 19.8 Å². The summed E-state index contributed by atoms with van der Waals surface area (Å²) in [6.45, 7) is 4.16. The molecule has 1 saturated heterocycles. The average Bonchev–Trinajstić information content (AvgIpc) is 2.32. The van der Waals surface area contributed by atoms with Crippen LogP contribution in [0.4, 0.5) is 0 Å². The number of halogens is 1. The van der Waals surface area contributed by atoms with Crippen molar-refractivity contribution in [2.45, 2.75) is 19.8 Å². The summed E-state index contributed by atoms with van der Waals surface area (Å²) in [5.74, 6) is 0.821. The molecule has 0 bridgehead atoms. The van der Waals surface area contributed by atoms with Gasteiger partial charge in [-0.15, -0.1) is 0 Å². The Balaban J connectivity index is 0.000000165. The van der Waals surface area contributed by atoms with E-state index < -0.39 is 0 Å². The summed E-state index contributed by atoms with van der Waals surface area (Å²) in [5.41, 5.74) is 0. The Hall–Kier alpha value is -1.09. The number of likely N-dealkylation sites (tertiary alicyclic amines) is 1. The second-order valence-electron chi connectivity index (χ2n) is 3.99. The van der Waals surface area contributed by atoms with Crippen molar-refractivity contribution in [3.05, 3.63) is 29.5 Å². The van der Waals surface area contributed by atoms with Crippen molar-refractivity contribution < 1.29 is 4.79 Å². The van der Waals surface area contributed by atoms with Crippen molar-refractivity contribution in [3.63, 3.8) is 0 Å². The van der Waals surface area contributed by atoms with Gasteiger partial charge in [-0.1, -0.05) is 18.5 Å². The third-order valence-corrected chi connectivity index (χ3v) is 2.86. The molecule has 1 aliphatic rings. The minimum atomic E-state index is 0.731. The number of hydrogen-bond donors (Lipinski definition) is 0. The van der Waals surface area contributed by atoms with Gasteiger partial charge >= 0.3 is 0 Å². The molecule has 0 aliphatic carbocycles. The van der Waals surface area contributed by atoms with Gasteiger partial charge in [0.2, 0.25) is 6.41 Å². The van der Waals surface area contributed by atoms with Crippen LogP contribution in [-0.4, -0.2) is 29.4 Å². The zero-order valence-electron chi connectivity index (χ0n) is 9.47. The number of piperidine rings is 1. The first-order valence-electron chi connectivity index (χ1n) is 5.47. The maximum atomic E-state index is 10.2. The first kappa shape index (κ1) is 13.0. The second-order valence-corrected chi connectivity index (χ2v) is 4.43. The number of nitrogens with zero attached hydrogens (tertiary/aromatic N) is 2. The highest BCUT2D eigenvalue weighted by Crippen LogP contribution is 2.13. The summed E-state index contributed by atoms with van der Waals surface area (Å²) in [6, 6.07) is 3.48. The van der Waals surface area contributed by atoms with Crippen LogP contribution in [0.25, 0.3) is 0 Å². The maximum absolute atomic E-state index is 10.2. The lowest BCUT2D eigenvalue weighted by atomic mass is 10.00. The zero-order chi connectivity index (χ0) is 11.8. The van der Waals surface area contributed by atoms with Gasteiger partial charge < -0.3 is 4.90 Å². The smallest absolute Gasteiger partial charge is 0.209 e. The molecule has 0 radical (unpaired) electrons. The fraction of sp³-hybridized carbons (Fsp3) is 0.500. The molecule has 1 aromatic heterocycles. The van der Waals surface area contributed by atoms with Gasteiger partial charge in [0.25, 0.3) is 0 Å². The van der Waals surface area contributed by atoms with Crippen LogP contribution >= 0.6 is 11.6 Å². The van der Waals surface area contributed by atoms with E-state index in [1.165, 1.54) is 12.8 Å². The first-order chi connectivity index (χ1) is 7.72. The van der Waals surface area contributed by atoms with Gasteiger partial charge in [0.05, 0.1) is 0 Å². The monoisotopic (exact) mass is 240 g/mol. The molecule has 1 aliphatic heterocycles. The van der Waals surface area contributed by atoms with Crippen molar-refractivity contribution in [1.82, 2.24) is 9.88 Å². The summed E-state index contributed by atoms with van der Waals surface area (Å²) < 4.78 is 0. The number of amides is 1. The van der Waals surface area contributed by atoms with Crippen LogP contribution in [0, 0.1) is 5.92 Å². The highest BCUT2D eigenvalue weighted by atomic mass is 35.5. The number of carbonyl (C=O) groups excluding carboxylic acids is 1. The summed E-state index contributed by atoms with van der Waals surface area (Å²) >= 11 is 5.50. The van der Waals surface area contributed by atoms with Crippen LogP contribution in [0.2, 0.25) is 5.02 Å². The van der Waals surface area contributed by atoms with Gasteiger partial charge in [-0.05, 0) is 30.9 Å². The summed E-state index contributed by atoms with van der Waals surface area (Å²) in [4.78, 5) is 15.8. The summed E-state index contributed by atoms with van der Waals surface area (Å²) in [7, 11) is 0. The Morgan fingerprint density at radius 3 is 2.31 bits per heavy atom. The van der Waals surface area contributed by atoms with Crippen molar-refractivity contribution in [2.75, 3.05) is 13.1 Å². The SMILES string of the molecule is CC1CCN(C=O)CC1.Clc1ccncc1. The van der Waals surface area contributed by atoms with Crippen LogP contribution in [-0.2, 0) is 4.79 Å². The molecule has 0 spiro atoms. The van der Waals surface area contributed by atoms with Crippen LogP contribution in [0.5, 0.6) is 0 Å². The van der Waals surface area contributed by atoms with E-state index in [0.29, 0.717) is 0 Å². The molecule has 0 saturated carbocycles. The van der Waals surface area contributed by atoms with Gasteiger partial charge in [-0.25, -0.2) is 0 Å². The summed E-state index contributed by atoms with van der Waals surface area (Å²) in [6.07, 6.45) is 6.62. The van der Waals surface area contributed by atoms with Gasteiger partial charge in [0, 0.05) is 30.5 Å². The molecular weight excluding hydrogens is 224 g/mol. The lowest BCUT2D eigenvalue weighted by Crippen LogP contribution is -2.31. The highest BCUT2D eigenvalue weighted by Gasteiger charge is 2.12. The third kappa shape index (κ3) is 5.12. The fourth-order valence-corrected chi connectivity index (χ4v) is 1.58. The largest absolute Gasteiger partial charge is 0.345 e. The van der Waals surface area contributed by atoms with Crippen molar-refractivity contribution >= 4 is 18.0 Å². The van der Waals surface area contributed by atoms with E-state index in [0.717, 1.165) is 30.4 Å². The normalized spacial score (nSPS) is 16.2. The topological polar surface area (TPSA) is 33.2 Å². The first-order valence-corrected chi connectivity index (χ1v) is 5.85. The molecule has 1 amide bonds. The molecule has 3 nitrogen and oxygen atoms in total. The Morgan fingerprint density at radius 1 is 1.38 bits per heavy atom. The van der Waals surface area contributed by atoms with Gasteiger partial charge in [0.1, 0.15) is 0 Å². The van der Waals surface area contributed by atoms with Gasteiger partial charge in [-0.3, -0.25) is 9.78 Å². The minimum absolute atomic E-state index is 0.731. The maximum Gasteiger partial charge on any atom is 0.209 e. The van der Waals surface area contributed by atoms with Crippen LogP contribution in [0.3, 0.4) is 0 Å². The quantitative estimate of drug-likeness (QED) is 0.707. The minimum Gasteiger partial charge on any atom is -0.345 e. The molecule has 1 fully saturated rings. The Labute approximate surface area is 101 Å². The zero-order valence-corrected chi connectivity index (χ0v) is 10.2.